The van der Waals surface area contributed by atoms with Crippen LogP contribution in [-0.4, -0.2) is 27.4 Å². The van der Waals surface area contributed by atoms with E-state index in [9.17, 15) is 4.79 Å². The molecule has 0 unspecified atom stereocenters. The standard InChI is InChI=1S/C26H27N5OS/c1-17-16-18(2)29-26(28-17)27-15-7-10-23(32)30-22-13-11-20(12-14-22)24-19(3)33-25(31-24)21-8-5-4-6-9-21/h4-6,8-9,11-14,16H,7,10,15H2,1-3H3,(H,30,32)(H,27,28,29). The third kappa shape index (κ3) is 6.02. The van der Waals surface area contributed by atoms with Gasteiger partial charge in [0.1, 0.15) is 5.01 Å². The average molecular weight is 458 g/mol. The number of anilines is 2. The molecule has 1 amide bonds. The second-order valence-electron chi connectivity index (χ2n) is 7.92. The van der Waals surface area contributed by atoms with Gasteiger partial charge >= 0.3 is 0 Å². The Hall–Kier alpha value is -3.58. The highest BCUT2D eigenvalue weighted by Crippen LogP contribution is 2.33. The first kappa shape index (κ1) is 22.6. The molecule has 0 spiro atoms. The van der Waals surface area contributed by atoms with E-state index in [1.807, 2.05) is 62.4 Å². The highest BCUT2D eigenvalue weighted by molar-refractivity contribution is 7.15. The fourth-order valence-corrected chi connectivity index (χ4v) is 4.50. The van der Waals surface area contributed by atoms with Crippen LogP contribution in [0.3, 0.4) is 0 Å². The molecule has 6 nitrogen and oxygen atoms in total. The van der Waals surface area contributed by atoms with Crippen LogP contribution in [0, 0.1) is 20.8 Å². The predicted octanol–water partition coefficient (Wildman–Crippen LogP) is 6.02. The summed E-state index contributed by atoms with van der Waals surface area (Å²) in [6, 6.07) is 20.0. The number of amides is 1. The van der Waals surface area contributed by atoms with Gasteiger partial charge in [0.25, 0.3) is 0 Å². The number of benzene rings is 2. The molecule has 0 saturated carbocycles. The summed E-state index contributed by atoms with van der Waals surface area (Å²) in [5.74, 6) is 0.596. The normalized spacial score (nSPS) is 10.8. The van der Waals surface area contributed by atoms with E-state index < -0.39 is 0 Å². The van der Waals surface area contributed by atoms with Crippen molar-refractivity contribution in [3.63, 3.8) is 0 Å². The van der Waals surface area contributed by atoms with Crippen LogP contribution >= 0.6 is 11.3 Å². The second kappa shape index (κ2) is 10.4. The number of aromatic nitrogens is 3. The molecule has 0 aliphatic carbocycles. The lowest BCUT2D eigenvalue weighted by atomic mass is 10.1. The molecule has 0 bridgehead atoms. The second-order valence-corrected chi connectivity index (χ2v) is 9.12. The van der Waals surface area contributed by atoms with Gasteiger partial charge in [-0.25, -0.2) is 15.0 Å². The third-order valence-corrected chi connectivity index (χ3v) is 6.13. The van der Waals surface area contributed by atoms with E-state index in [2.05, 4.69) is 39.7 Å². The number of hydrogen-bond acceptors (Lipinski definition) is 6. The number of nitrogens with one attached hydrogen (secondary N) is 2. The smallest absolute Gasteiger partial charge is 0.224 e. The molecule has 168 valence electrons. The summed E-state index contributed by atoms with van der Waals surface area (Å²) in [7, 11) is 0. The maximum Gasteiger partial charge on any atom is 0.224 e. The predicted molar refractivity (Wildman–Crippen MR) is 136 cm³/mol. The van der Waals surface area contributed by atoms with Crippen molar-refractivity contribution in [2.45, 2.75) is 33.6 Å². The van der Waals surface area contributed by atoms with Crippen molar-refractivity contribution in [2.75, 3.05) is 17.2 Å². The number of rotatable bonds is 8. The Morgan fingerprint density at radius 1 is 0.879 bits per heavy atom. The molecule has 0 aliphatic heterocycles. The number of aryl methyl sites for hydroxylation is 3. The Balaban J connectivity index is 1.29. The highest BCUT2D eigenvalue weighted by atomic mass is 32.1. The average Bonchev–Trinajstić information content (AvgIpc) is 3.19. The van der Waals surface area contributed by atoms with Gasteiger partial charge in [0.05, 0.1) is 5.69 Å². The van der Waals surface area contributed by atoms with E-state index in [1.165, 1.54) is 4.88 Å². The minimum absolute atomic E-state index is 0.0120. The van der Waals surface area contributed by atoms with Gasteiger partial charge in [0, 0.05) is 46.0 Å². The molecule has 7 heteroatoms. The molecule has 0 atom stereocenters. The van der Waals surface area contributed by atoms with Gasteiger partial charge in [-0.1, -0.05) is 42.5 Å². The Kier molecular flexibility index (Phi) is 7.10. The molecule has 2 aromatic heterocycles. The van der Waals surface area contributed by atoms with Crippen LogP contribution in [0.5, 0.6) is 0 Å². The van der Waals surface area contributed by atoms with E-state index in [4.69, 9.17) is 4.98 Å². The van der Waals surface area contributed by atoms with Crippen molar-refractivity contribution >= 4 is 28.9 Å². The Bertz CT molecular complexity index is 1220. The van der Waals surface area contributed by atoms with E-state index in [-0.39, 0.29) is 5.91 Å². The van der Waals surface area contributed by atoms with Gasteiger partial charge in [0.15, 0.2) is 0 Å². The molecule has 0 saturated heterocycles. The van der Waals surface area contributed by atoms with Gasteiger partial charge < -0.3 is 10.6 Å². The zero-order valence-electron chi connectivity index (χ0n) is 19.1. The maximum absolute atomic E-state index is 12.3. The molecule has 0 aliphatic rings. The molecule has 33 heavy (non-hydrogen) atoms. The zero-order chi connectivity index (χ0) is 23.2. The molecular weight excluding hydrogens is 430 g/mol. The van der Waals surface area contributed by atoms with Crippen molar-refractivity contribution in [3.8, 4) is 21.8 Å². The number of nitrogens with zero attached hydrogens (tertiary/aromatic N) is 3. The lowest BCUT2D eigenvalue weighted by molar-refractivity contribution is -0.116. The zero-order valence-corrected chi connectivity index (χ0v) is 19.9. The van der Waals surface area contributed by atoms with Crippen LogP contribution in [0.4, 0.5) is 11.6 Å². The fourth-order valence-electron chi connectivity index (χ4n) is 3.56. The van der Waals surface area contributed by atoms with Gasteiger partial charge in [0.2, 0.25) is 11.9 Å². The van der Waals surface area contributed by atoms with Gasteiger partial charge in [-0.3, -0.25) is 4.79 Å². The number of thiazole rings is 1. The minimum atomic E-state index is -0.0120. The summed E-state index contributed by atoms with van der Waals surface area (Å²) in [5, 5.41) is 7.16. The molecule has 2 N–H and O–H groups in total. The first-order valence-electron chi connectivity index (χ1n) is 11.0. The van der Waals surface area contributed by atoms with Crippen LogP contribution in [0.2, 0.25) is 0 Å². The SMILES string of the molecule is Cc1cc(C)nc(NCCCC(=O)Nc2ccc(-c3nc(-c4ccccc4)sc3C)cc2)n1. The van der Waals surface area contributed by atoms with Gasteiger partial charge in [-0.2, -0.15) is 0 Å². The van der Waals surface area contributed by atoms with Crippen LogP contribution in [0.15, 0.2) is 60.7 Å². The highest BCUT2D eigenvalue weighted by Gasteiger charge is 2.11. The van der Waals surface area contributed by atoms with E-state index in [0.717, 1.165) is 38.9 Å². The largest absolute Gasteiger partial charge is 0.354 e. The topological polar surface area (TPSA) is 79.8 Å². The summed E-state index contributed by atoms with van der Waals surface area (Å²) in [6.45, 7) is 6.61. The van der Waals surface area contributed by atoms with E-state index in [0.29, 0.717) is 25.3 Å². The Morgan fingerprint density at radius 2 is 1.58 bits per heavy atom. The van der Waals surface area contributed by atoms with Crippen LogP contribution in [0.1, 0.15) is 29.1 Å². The summed E-state index contributed by atoms with van der Waals surface area (Å²) in [5.41, 5.74) is 5.79. The molecule has 2 aromatic carbocycles. The van der Waals surface area contributed by atoms with Crippen molar-refractivity contribution in [1.82, 2.24) is 15.0 Å². The number of carbonyl (C=O) groups excluding carboxylic acids is 1. The monoisotopic (exact) mass is 457 g/mol. The van der Waals surface area contributed by atoms with Crippen LogP contribution < -0.4 is 10.6 Å². The van der Waals surface area contributed by atoms with E-state index >= 15 is 0 Å². The van der Waals surface area contributed by atoms with Crippen LogP contribution in [-0.2, 0) is 4.79 Å². The van der Waals surface area contributed by atoms with E-state index in [1.54, 1.807) is 11.3 Å². The Labute approximate surface area is 198 Å². The summed E-state index contributed by atoms with van der Waals surface area (Å²) in [6.07, 6.45) is 1.12. The first-order chi connectivity index (χ1) is 16.0. The summed E-state index contributed by atoms with van der Waals surface area (Å²) >= 11 is 1.69. The lowest BCUT2D eigenvalue weighted by Gasteiger charge is -2.08. The van der Waals surface area contributed by atoms with Gasteiger partial charge in [-0.15, -0.1) is 11.3 Å². The summed E-state index contributed by atoms with van der Waals surface area (Å²) in [4.78, 5) is 27.0. The molecular formula is C26H27N5OS. The minimum Gasteiger partial charge on any atom is -0.354 e. The molecule has 4 aromatic rings. The maximum atomic E-state index is 12.3. The third-order valence-electron chi connectivity index (χ3n) is 5.11. The summed E-state index contributed by atoms with van der Waals surface area (Å²) < 4.78 is 0. The van der Waals surface area contributed by atoms with Gasteiger partial charge in [-0.05, 0) is 45.4 Å². The molecule has 0 fully saturated rings. The van der Waals surface area contributed by atoms with Crippen LogP contribution in [0.25, 0.3) is 21.8 Å². The van der Waals surface area contributed by atoms with Crippen molar-refractivity contribution in [3.05, 3.63) is 76.9 Å². The molecule has 4 rings (SSSR count). The van der Waals surface area contributed by atoms with Crippen molar-refractivity contribution < 1.29 is 4.79 Å². The molecule has 2 heterocycles. The molecule has 0 radical (unpaired) electrons. The lowest BCUT2D eigenvalue weighted by Crippen LogP contribution is -2.14. The van der Waals surface area contributed by atoms with Crippen molar-refractivity contribution in [2.24, 2.45) is 0 Å². The number of hydrogen-bond donors (Lipinski definition) is 2. The quantitative estimate of drug-likeness (QED) is 0.316. The van der Waals surface area contributed by atoms with Crippen molar-refractivity contribution in [1.29, 1.82) is 0 Å². The fraction of sp³-hybridized carbons (Fsp3) is 0.231. The Morgan fingerprint density at radius 3 is 2.27 bits per heavy atom. The first-order valence-corrected chi connectivity index (χ1v) is 11.8. The number of carbonyl (C=O) groups is 1.